The van der Waals surface area contributed by atoms with Crippen LogP contribution in [0.25, 0.3) is 0 Å². The largest absolute Gasteiger partial charge is 0.379 e. The van der Waals surface area contributed by atoms with Crippen molar-refractivity contribution in [2.75, 3.05) is 60.0 Å². The summed E-state index contributed by atoms with van der Waals surface area (Å²) in [5.41, 5.74) is 0. The fraction of sp³-hybridized carbons (Fsp3) is 0.923. The summed E-state index contributed by atoms with van der Waals surface area (Å²) in [5, 5.41) is 0.823. The van der Waals surface area contributed by atoms with Gasteiger partial charge < -0.3 is 9.64 Å². The predicted octanol–water partition coefficient (Wildman–Crippen LogP) is 0.656. The van der Waals surface area contributed by atoms with Crippen LogP contribution in [0.5, 0.6) is 0 Å². The average Bonchev–Trinajstić information content (AvgIpc) is 2.39. The number of morpholine rings is 1. The van der Waals surface area contributed by atoms with Crippen LogP contribution in [0.15, 0.2) is 0 Å². The molecular formula is C13H29N4OS+. The highest BCUT2D eigenvalue weighted by atomic mass is 32.1. The van der Waals surface area contributed by atoms with Crippen molar-refractivity contribution < 1.29 is 9.33 Å². The van der Waals surface area contributed by atoms with Gasteiger partial charge in [-0.05, 0) is 12.8 Å². The lowest BCUT2D eigenvalue weighted by Crippen LogP contribution is -2.60. The Kier molecular flexibility index (Phi) is 7.17. The molecule has 1 aliphatic heterocycles. The molecule has 112 valence electrons. The topological polar surface area (TPSA) is 41.7 Å². The minimum Gasteiger partial charge on any atom is -0.379 e. The van der Waals surface area contributed by atoms with Crippen LogP contribution in [0, 0.1) is 0 Å². The summed E-state index contributed by atoms with van der Waals surface area (Å²) >= 11 is 5.49. The molecule has 1 unspecified atom stereocenters. The number of nitrogens with two attached hydrogens (primary N) is 1. The maximum absolute atomic E-state index is 6.21. The number of thiocarbonyl (C=S) groups is 1. The highest BCUT2D eigenvalue weighted by Crippen LogP contribution is 2.05. The van der Waals surface area contributed by atoms with E-state index < -0.39 is 0 Å². The van der Waals surface area contributed by atoms with Crippen LogP contribution in [0.4, 0.5) is 0 Å². The quantitative estimate of drug-likeness (QED) is 0.337. The zero-order chi connectivity index (χ0) is 14.3. The molecular weight excluding hydrogens is 260 g/mol. The first-order valence-corrected chi connectivity index (χ1v) is 7.58. The van der Waals surface area contributed by atoms with E-state index in [0.29, 0.717) is 4.59 Å². The number of hydrogen-bond acceptors (Lipinski definition) is 4. The molecule has 0 aliphatic carbocycles. The number of nitrogens with zero attached hydrogens (tertiary/aromatic N) is 3. The van der Waals surface area contributed by atoms with E-state index in [1.807, 2.05) is 14.1 Å². The highest BCUT2D eigenvalue weighted by molar-refractivity contribution is 7.79. The van der Waals surface area contributed by atoms with Crippen molar-refractivity contribution in [3.63, 3.8) is 0 Å². The second-order valence-electron chi connectivity index (χ2n) is 5.50. The molecule has 2 N–H and O–H groups in total. The molecule has 0 aromatic carbocycles. The molecule has 5 nitrogen and oxygen atoms in total. The summed E-state index contributed by atoms with van der Waals surface area (Å²) < 4.78 is 5.66. The van der Waals surface area contributed by atoms with Crippen LogP contribution < -0.4 is 5.84 Å². The molecule has 1 rings (SSSR count). The number of quaternary nitrogens is 1. The van der Waals surface area contributed by atoms with Gasteiger partial charge in [-0.15, -0.1) is 0 Å². The zero-order valence-electron chi connectivity index (χ0n) is 12.6. The summed E-state index contributed by atoms with van der Waals surface area (Å²) in [6.07, 6.45) is 2.15. The van der Waals surface area contributed by atoms with Crippen LogP contribution in [0.1, 0.15) is 19.8 Å². The summed E-state index contributed by atoms with van der Waals surface area (Å²) in [6.45, 7) is 8.91. The molecule has 0 bridgehead atoms. The van der Waals surface area contributed by atoms with E-state index >= 15 is 0 Å². The van der Waals surface area contributed by atoms with Crippen molar-refractivity contribution in [1.29, 1.82) is 0 Å². The fourth-order valence-electron chi connectivity index (χ4n) is 2.40. The van der Waals surface area contributed by atoms with E-state index in [-0.39, 0.29) is 0 Å². The number of rotatable bonds is 6. The van der Waals surface area contributed by atoms with E-state index in [2.05, 4.69) is 16.7 Å². The van der Waals surface area contributed by atoms with Gasteiger partial charge in [0.15, 0.2) is 0 Å². The Bertz CT molecular complexity index is 280. The van der Waals surface area contributed by atoms with Crippen molar-refractivity contribution in [1.82, 2.24) is 9.80 Å². The predicted molar refractivity (Wildman–Crippen MR) is 82.6 cm³/mol. The summed E-state index contributed by atoms with van der Waals surface area (Å²) in [7, 11) is 4.02. The normalized spacial score (nSPS) is 20.0. The molecule has 0 amide bonds. The summed E-state index contributed by atoms with van der Waals surface area (Å²) in [6, 6.07) is 0. The molecule has 0 radical (unpaired) electrons. The molecule has 19 heavy (non-hydrogen) atoms. The minimum atomic E-state index is 0.319. The van der Waals surface area contributed by atoms with Crippen molar-refractivity contribution >= 4 is 17.3 Å². The van der Waals surface area contributed by atoms with Gasteiger partial charge in [0.25, 0.3) is 5.11 Å². The molecule has 0 spiro atoms. The van der Waals surface area contributed by atoms with Gasteiger partial charge >= 0.3 is 0 Å². The van der Waals surface area contributed by atoms with Crippen molar-refractivity contribution in [2.24, 2.45) is 5.84 Å². The third kappa shape index (κ3) is 5.71. The molecule has 1 saturated heterocycles. The Morgan fingerprint density at radius 2 is 2.05 bits per heavy atom. The number of ether oxygens (including phenoxy) is 1. The van der Waals surface area contributed by atoms with Gasteiger partial charge in [-0.2, -0.15) is 10.4 Å². The fourth-order valence-corrected chi connectivity index (χ4v) is 2.58. The van der Waals surface area contributed by atoms with Crippen molar-refractivity contribution in [3.8, 4) is 0 Å². The van der Waals surface area contributed by atoms with Gasteiger partial charge in [0.2, 0.25) is 0 Å². The maximum Gasteiger partial charge on any atom is 0.291 e. The van der Waals surface area contributed by atoms with Crippen LogP contribution in [-0.2, 0) is 4.74 Å². The van der Waals surface area contributed by atoms with E-state index in [4.69, 9.17) is 22.8 Å². The Labute approximate surface area is 122 Å². The molecule has 1 heterocycles. The molecule has 1 aliphatic rings. The van der Waals surface area contributed by atoms with Crippen LogP contribution >= 0.6 is 12.2 Å². The molecule has 0 aromatic rings. The van der Waals surface area contributed by atoms with Crippen LogP contribution in [-0.4, -0.2) is 79.5 Å². The first kappa shape index (κ1) is 16.8. The monoisotopic (exact) mass is 289 g/mol. The Balaban J connectivity index is 2.26. The zero-order valence-corrected chi connectivity index (χ0v) is 13.4. The first-order valence-electron chi connectivity index (χ1n) is 7.17. The van der Waals surface area contributed by atoms with Crippen LogP contribution in [0.3, 0.4) is 0 Å². The minimum absolute atomic E-state index is 0.319. The maximum atomic E-state index is 6.21. The summed E-state index contributed by atoms with van der Waals surface area (Å²) in [5.74, 6) is 6.21. The van der Waals surface area contributed by atoms with E-state index in [9.17, 15) is 0 Å². The van der Waals surface area contributed by atoms with Gasteiger partial charge in [-0.25, -0.2) is 0 Å². The lowest BCUT2D eigenvalue weighted by Gasteiger charge is -2.33. The van der Waals surface area contributed by atoms with E-state index in [0.717, 1.165) is 63.9 Å². The van der Waals surface area contributed by atoms with Crippen molar-refractivity contribution in [3.05, 3.63) is 0 Å². The Hall–Kier alpha value is -0.270. The third-order valence-electron chi connectivity index (χ3n) is 3.52. The van der Waals surface area contributed by atoms with Gasteiger partial charge in [-0.3, -0.25) is 4.90 Å². The standard InChI is InChI=1S/C13H29N4OS/c1-4-10-17(3,14)13(19)15(2)6-5-7-16-8-11-18-12-9-16/h4-12,14H2,1-3H3/q+1. The lowest BCUT2D eigenvalue weighted by molar-refractivity contribution is -0.835. The smallest absolute Gasteiger partial charge is 0.291 e. The Morgan fingerprint density at radius 3 is 2.63 bits per heavy atom. The van der Waals surface area contributed by atoms with Gasteiger partial charge in [0, 0.05) is 45.4 Å². The van der Waals surface area contributed by atoms with Crippen molar-refractivity contribution in [2.45, 2.75) is 19.8 Å². The second-order valence-corrected chi connectivity index (χ2v) is 5.87. The summed E-state index contributed by atoms with van der Waals surface area (Å²) in [4.78, 5) is 4.56. The second kappa shape index (κ2) is 8.11. The molecule has 0 aromatic heterocycles. The third-order valence-corrected chi connectivity index (χ3v) is 4.25. The molecule has 0 saturated carbocycles. The highest BCUT2D eigenvalue weighted by Gasteiger charge is 2.26. The van der Waals surface area contributed by atoms with Crippen LogP contribution in [0.2, 0.25) is 0 Å². The van der Waals surface area contributed by atoms with E-state index in [1.54, 1.807) is 0 Å². The SMILES string of the molecule is CCC[N+](C)(N)C(=S)N(C)CCCN1CCOCC1. The lowest BCUT2D eigenvalue weighted by atomic mass is 10.3. The van der Waals surface area contributed by atoms with E-state index in [1.165, 1.54) is 0 Å². The molecule has 1 atom stereocenters. The first-order chi connectivity index (χ1) is 8.97. The average molecular weight is 289 g/mol. The van der Waals surface area contributed by atoms with Gasteiger partial charge in [0.05, 0.1) is 20.3 Å². The number of hydrogen-bond donors (Lipinski definition) is 1. The molecule has 1 fully saturated rings. The Morgan fingerprint density at radius 1 is 1.42 bits per heavy atom. The van der Waals surface area contributed by atoms with Gasteiger partial charge in [-0.1, -0.05) is 6.92 Å². The molecule has 6 heteroatoms. The van der Waals surface area contributed by atoms with Gasteiger partial charge in [0.1, 0.15) is 6.54 Å².